The number of esters is 1. The predicted octanol–water partition coefficient (Wildman–Crippen LogP) is 0.949. The van der Waals surface area contributed by atoms with Gasteiger partial charge in [-0.25, -0.2) is 4.79 Å². The van der Waals surface area contributed by atoms with Crippen molar-refractivity contribution < 1.29 is 19.0 Å². The van der Waals surface area contributed by atoms with Crippen molar-refractivity contribution in [3.8, 4) is 0 Å². The van der Waals surface area contributed by atoms with Crippen LogP contribution in [0.2, 0.25) is 0 Å². The molecule has 0 radical (unpaired) electrons. The summed E-state index contributed by atoms with van der Waals surface area (Å²) in [5.41, 5.74) is -0.927. The summed E-state index contributed by atoms with van der Waals surface area (Å²) >= 11 is 0. The molecule has 0 saturated heterocycles. The second-order valence-electron chi connectivity index (χ2n) is 2.76. The van der Waals surface area contributed by atoms with Crippen molar-refractivity contribution in [1.82, 2.24) is 0 Å². The van der Waals surface area contributed by atoms with E-state index in [1.807, 2.05) is 6.92 Å². The number of methoxy groups -OCH3 is 1. The van der Waals surface area contributed by atoms with E-state index in [4.69, 9.17) is 9.47 Å². The fourth-order valence-electron chi connectivity index (χ4n) is 0.577. The Morgan fingerprint density at radius 2 is 2.00 bits per heavy atom. The van der Waals surface area contributed by atoms with Gasteiger partial charge in [0.05, 0.1) is 7.11 Å². The minimum Gasteiger partial charge on any atom is -0.467 e. The van der Waals surface area contributed by atoms with Crippen LogP contribution in [0.5, 0.6) is 0 Å². The molecule has 0 amide bonds. The van der Waals surface area contributed by atoms with Crippen molar-refractivity contribution in [2.24, 2.45) is 0 Å². The Bertz CT molecular complexity index is 142. The summed E-state index contributed by atoms with van der Waals surface area (Å²) in [6, 6.07) is 0. The lowest BCUT2D eigenvalue weighted by atomic mass is 10.1. The van der Waals surface area contributed by atoms with E-state index in [1.165, 1.54) is 7.11 Å². The molecule has 0 fully saturated rings. The number of hydrogen-bond acceptors (Lipinski definition) is 4. The first kappa shape index (κ1) is 11.4. The van der Waals surface area contributed by atoms with E-state index in [1.54, 1.807) is 13.8 Å². The van der Waals surface area contributed by atoms with Gasteiger partial charge in [0, 0.05) is 6.61 Å². The van der Waals surface area contributed by atoms with Crippen LogP contribution >= 0.6 is 0 Å². The standard InChI is InChI=1S/C8H16O4/c1-5-11-6-12-8(2,3)7(9)10-4/h5-6H2,1-4H3. The highest BCUT2D eigenvalue weighted by atomic mass is 16.7. The van der Waals surface area contributed by atoms with E-state index >= 15 is 0 Å². The van der Waals surface area contributed by atoms with Crippen LogP contribution in [0.4, 0.5) is 0 Å². The van der Waals surface area contributed by atoms with E-state index in [0.29, 0.717) is 6.61 Å². The van der Waals surface area contributed by atoms with Crippen LogP contribution in [0.15, 0.2) is 0 Å². The zero-order chi connectivity index (χ0) is 9.61. The zero-order valence-corrected chi connectivity index (χ0v) is 8.05. The first-order valence-electron chi connectivity index (χ1n) is 3.84. The molecule has 4 nitrogen and oxygen atoms in total. The third-order valence-corrected chi connectivity index (χ3v) is 1.38. The number of hydrogen-bond donors (Lipinski definition) is 0. The largest absolute Gasteiger partial charge is 0.467 e. The van der Waals surface area contributed by atoms with Crippen LogP contribution in [-0.2, 0) is 19.0 Å². The van der Waals surface area contributed by atoms with Gasteiger partial charge in [0.15, 0.2) is 5.60 Å². The molecule has 0 rings (SSSR count). The van der Waals surface area contributed by atoms with Crippen molar-refractivity contribution in [2.45, 2.75) is 26.4 Å². The van der Waals surface area contributed by atoms with Gasteiger partial charge >= 0.3 is 5.97 Å². The highest BCUT2D eigenvalue weighted by Crippen LogP contribution is 2.10. The Labute approximate surface area is 72.8 Å². The Balaban J connectivity index is 3.78. The van der Waals surface area contributed by atoms with Crippen molar-refractivity contribution in [3.63, 3.8) is 0 Å². The molecular weight excluding hydrogens is 160 g/mol. The molecule has 0 aromatic heterocycles. The summed E-state index contributed by atoms with van der Waals surface area (Å²) in [5, 5.41) is 0. The molecule has 0 aromatic rings. The molecule has 0 atom stereocenters. The maximum absolute atomic E-state index is 11.0. The third-order valence-electron chi connectivity index (χ3n) is 1.38. The Morgan fingerprint density at radius 3 is 2.42 bits per heavy atom. The average molecular weight is 176 g/mol. The van der Waals surface area contributed by atoms with Crippen molar-refractivity contribution in [1.29, 1.82) is 0 Å². The maximum atomic E-state index is 11.0. The number of rotatable bonds is 5. The lowest BCUT2D eigenvalue weighted by molar-refractivity contribution is -0.180. The highest BCUT2D eigenvalue weighted by molar-refractivity contribution is 5.78. The van der Waals surface area contributed by atoms with Crippen LogP contribution in [0.3, 0.4) is 0 Å². The number of ether oxygens (including phenoxy) is 3. The molecule has 0 aromatic carbocycles. The average Bonchev–Trinajstić information content (AvgIpc) is 2.03. The monoisotopic (exact) mass is 176 g/mol. The summed E-state index contributed by atoms with van der Waals surface area (Å²) in [6.45, 7) is 5.81. The topological polar surface area (TPSA) is 44.8 Å². The molecule has 0 heterocycles. The van der Waals surface area contributed by atoms with E-state index in [0.717, 1.165) is 0 Å². The lowest BCUT2D eigenvalue weighted by Crippen LogP contribution is -2.36. The molecule has 0 unspecified atom stereocenters. The van der Waals surface area contributed by atoms with E-state index in [9.17, 15) is 4.79 Å². The third kappa shape index (κ3) is 3.69. The second kappa shape index (κ2) is 5.11. The molecule has 0 aliphatic rings. The summed E-state index contributed by atoms with van der Waals surface area (Å²) in [7, 11) is 1.33. The normalized spacial score (nSPS) is 11.3. The van der Waals surface area contributed by atoms with Crippen LogP contribution in [0.1, 0.15) is 20.8 Å². The molecule has 72 valence electrons. The SMILES string of the molecule is CCOCOC(C)(C)C(=O)OC. The van der Waals surface area contributed by atoms with Gasteiger partial charge in [-0.2, -0.15) is 0 Å². The molecule has 12 heavy (non-hydrogen) atoms. The molecular formula is C8H16O4. The van der Waals surface area contributed by atoms with E-state index < -0.39 is 11.6 Å². The molecule has 0 saturated carbocycles. The van der Waals surface area contributed by atoms with Crippen molar-refractivity contribution in [2.75, 3.05) is 20.5 Å². The van der Waals surface area contributed by atoms with Gasteiger partial charge in [0.1, 0.15) is 6.79 Å². The van der Waals surface area contributed by atoms with Gasteiger partial charge in [-0.15, -0.1) is 0 Å². The van der Waals surface area contributed by atoms with Gasteiger partial charge < -0.3 is 14.2 Å². The second-order valence-corrected chi connectivity index (χ2v) is 2.76. The first-order valence-corrected chi connectivity index (χ1v) is 3.84. The summed E-state index contributed by atoms with van der Waals surface area (Å²) in [6.07, 6.45) is 0. The fourth-order valence-corrected chi connectivity index (χ4v) is 0.577. The number of carbonyl (C=O) groups is 1. The van der Waals surface area contributed by atoms with Gasteiger partial charge in [-0.1, -0.05) is 0 Å². The van der Waals surface area contributed by atoms with E-state index in [-0.39, 0.29) is 6.79 Å². The van der Waals surface area contributed by atoms with Crippen molar-refractivity contribution in [3.05, 3.63) is 0 Å². The molecule has 0 aliphatic heterocycles. The maximum Gasteiger partial charge on any atom is 0.337 e. The fraction of sp³-hybridized carbons (Fsp3) is 0.875. The molecule has 4 heteroatoms. The summed E-state index contributed by atoms with van der Waals surface area (Å²) in [4.78, 5) is 11.0. The van der Waals surface area contributed by atoms with Gasteiger partial charge in [-0.05, 0) is 20.8 Å². The number of carbonyl (C=O) groups excluding carboxylic acids is 1. The highest BCUT2D eigenvalue weighted by Gasteiger charge is 2.29. The molecule has 0 spiro atoms. The smallest absolute Gasteiger partial charge is 0.337 e. The molecule has 0 bridgehead atoms. The Hall–Kier alpha value is -0.610. The Morgan fingerprint density at radius 1 is 1.42 bits per heavy atom. The van der Waals surface area contributed by atoms with Crippen LogP contribution in [0, 0.1) is 0 Å². The molecule has 0 N–H and O–H groups in total. The predicted molar refractivity (Wildman–Crippen MR) is 43.7 cm³/mol. The zero-order valence-electron chi connectivity index (χ0n) is 8.05. The first-order chi connectivity index (χ1) is 5.54. The van der Waals surface area contributed by atoms with Crippen LogP contribution in [-0.4, -0.2) is 32.1 Å². The summed E-state index contributed by atoms with van der Waals surface area (Å²) in [5.74, 6) is -0.401. The minimum atomic E-state index is -0.927. The Kier molecular flexibility index (Phi) is 4.85. The van der Waals surface area contributed by atoms with Gasteiger partial charge in [0.2, 0.25) is 0 Å². The quantitative estimate of drug-likeness (QED) is 0.355. The summed E-state index contributed by atoms with van der Waals surface area (Å²) < 4.78 is 14.6. The lowest BCUT2D eigenvalue weighted by Gasteiger charge is -2.21. The molecule has 0 aliphatic carbocycles. The minimum absolute atomic E-state index is 0.110. The van der Waals surface area contributed by atoms with E-state index in [2.05, 4.69) is 4.74 Å². The van der Waals surface area contributed by atoms with Gasteiger partial charge in [0.25, 0.3) is 0 Å². The van der Waals surface area contributed by atoms with Crippen LogP contribution in [0.25, 0.3) is 0 Å². The van der Waals surface area contributed by atoms with Crippen molar-refractivity contribution >= 4 is 5.97 Å². The van der Waals surface area contributed by atoms with Gasteiger partial charge in [-0.3, -0.25) is 0 Å². The van der Waals surface area contributed by atoms with Crippen LogP contribution < -0.4 is 0 Å².